The molecule has 5 aliphatic rings. The van der Waals surface area contributed by atoms with Crippen LogP contribution in [-0.2, 0) is 16.1 Å². The van der Waals surface area contributed by atoms with Crippen LogP contribution in [0.3, 0.4) is 0 Å². The number of piperazine rings is 1. The van der Waals surface area contributed by atoms with Crippen LogP contribution in [0.15, 0.2) is 36.4 Å². The summed E-state index contributed by atoms with van der Waals surface area (Å²) in [4.78, 5) is 32.3. The molecule has 2 bridgehead atoms. The Labute approximate surface area is 247 Å². The van der Waals surface area contributed by atoms with Crippen LogP contribution in [0.5, 0.6) is 5.75 Å². The van der Waals surface area contributed by atoms with Crippen LogP contribution < -0.4 is 4.74 Å². The van der Waals surface area contributed by atoms with E-state index in [2.05, 4.69) is 45.7 Å². The second-order valence-corrected chi connectivity index (χ2v) is 13.6. The number of hydrogen-bond acceptors (Lipinski definition) is 5. The van der Waals surface area contributed by atoms with Gasteiger partial charge >= 0.3 is 5.97 Å². The maximum Gasteiger partial charge on any atom is 0.337 e. The second-order valence-electron chi connectivity index (χ2n) is 13.6. The van der Waals surface area contributed by atoms with E-state index in [0.717, 1.165) is 43.6 Å². The normalized spacial score (nSPS) is 28.5. The van der Waals surface area contributed by atoms with Gasteiger partial charge in [0.25, 0.3) is 0 Å². The highest BCUT2D eigenvalue weighted by atomic mass is 16.5. The standard InChI is InChI=1S/C35H41N3O4/c1-36-18-23-13-14-24(19-36)38(23)34(40)35-17-27(35)31-26(10-7-11-29(31)41-2)32-30(21-8-5-4-6-9-21)25-15-12-22(33(39)42-3)16-28(25)37(32)20-35/h7,10-12,15-16,21,23-24,27H,4-6,8-9,13-14,17-20H2,1-3H3/t23?,24?,27-,35-/m0/s1. The van der Waals surface area contributed by atoms with Gasteiger partial charge in [-0.2, -0.15) is 0 Å². The number of likely N-dealkylation sites (tertiary alicyclic amines) is 1. The summed E-state index contributed by atoms with van der Waals surface area (Å²) >= 11 is 0. The minimum atomic E-state index is -0.511. The lowest BCUT2D eigenvalue weighted by Crippen LogP contribution is -2.57. The van der Waals surface area contributed by atoms with Crippen LogP contribution >= 0.6 is 0 Å². The van der Waals surface area contributed by atoms with Crippen LogP contribution in [0.4, 0.5) is 0 Å². The van der Waals surface area contributed by atoms with Gasteiger partial charge in [0.1, 0.15) is 5.75 Å². The van der Waals surface area contributed by atoms with E-state index in [0.29, 0.717) is 36.0 Å². The van der Waals surface area contributed by atoms with Crippen molar-refractivity contribution in [3.63, 3.8) is 0 Å². The first kappa shape index (κ1) is 26.3. The van der Waals surface area contributed by atoms with Gasteiger partial charge in [-0.05, 0) is 68.8 Å². The predicted octanol–water partition coefficient (Wildman–Crippen LogP) is 5.94. The molecule has 2 unspecified atom stereocenters. The Morgan fingerprint density at radius 3 is 2.40 bits per heavy atom. The van der Waals surface area contributed by atoms with E-state index in [4.69, 9.17) is 9.47 Å². The summed E-state index contributed by atoms with van der Waals surface area (Å²) < 4.78 is 13.6. The molecule has 2 saturated carbocycles. The van der Waals surface area contributed by atoms with E-state index < -0.39 is 5.41 Å². The molecular weight excluding hydrogens is 526 g/mol. The minimum Gasteiger partial charge on any atom is -0.496 e. The molecule has 4 fully saturated rings. The molecule has 1 aromatic heterocycles. The van der Waals surface area contributed by atoms with Crippen molar-refractivity contribution in [2.75, 3.05) is 34.4 Å². The van der Waals surface area contributed by atoms with Crippen LogP contribution in [0.25, 0.3) is 22.2 Å². The third-order valence-corrected chi connectivity index (χ3v) is 11.3. The largest absolute Gasteiger partial charge is 0.496 e. The molecule has 0 radical (unpaired) electrons. The maximum absolute atomic E-state index is 14.9. The van der Waals surface area contributed by atoms with Gasteiger partial charge in [-0.1, -0.05) is 37.5 Å². The van der Waals surface area contributed by atoms with Gasteiger partial charge in [0.15, 0.2) is 0 Å². The van der Waals surface area contributed by atoms with Crippen LogP contribution in [-0.4, -0.2) is 72.7 Å². The molecular formula is C35H41N3O4. The van der Waals surface area contributed by atoms with Gasteiger partial charge in [0, 0.05) is 59.7 Å². The molecule has 3 aliphatic heterocycles. The lowest BCUT2D eigenvalue weighted by Gasteiger charge is -2.41. The number of esters is 1. The summed E-state index contributed by atoms with van der Waals surface area (Å²) in [6.07, 6.45) is 9.11. The van der Waals surface area contributed by atoms with Crippen molar-refractivity contribution in [3.8, 4) is 17.0 Å². The van der Waals surface area contributed by atoms with E-state index in [1.54, 1.807) is 7.11 Å². The van der Waals surface area contributed by atoms with Gasteiger partial charge in [-0.3, -0.25) is 4.79 Å². The number of hydrogen-bond donors (Lipinski definition) is 0. The van der Waals surface area contributed by atoms with E-state index in [1.807, 2.05) is 12.1 Å². The Balaban J connectivity index is 1.37. The smallest absolute Gasteiger partial charge is 0.337 e. The highest BCUT2D eigenvalue weighted by molar-refractivity contribution is 6.00. The monoisotopic (exact) mass is 567 g/mol. The van der Waals surface area contributed by atoms with Crippen molar-refractivity contribution in [1.29, 1.82) is 0 Å². The van der Waals surface area contributed by atoms with Crippen molar-refractivity contribution < 1.29 is 19.1 Å². The molecule has 7 heteroatoms. The fourth-order valence-electron chi connectivity index (χ4n) is 9.32. The van der Waals surface area contributed by atoms with Gasteiger partial charge in [0.05, 0.1) is 30.9 Å². The number of benzene rings is 2. The minimum absolute atomic E-state index is 0.119. The summed E-state index contributed by atoms with van der Waals surface area (Å²) in [6.45, 7) is 2.53. The van der Waals surface area contributed by atoms with Crippen molar-refractivity contribution in [2.45, 2.75) is 81.8 Å². The summed E-state index contributed by atoms with van der Waals surface area (Å²) in [6, 6.07) is 13.1. The topological polar surface area (TPSA) is 64.0 Å². The Hall–Kier alpha value is -3.32. The number of fused-ring (bicyclic) bond motifs is 9. The number of carbonyl (C=O) groups excluding carboxylic acids is 2. The van der Waals surface area contributed by atoms with Crippen LogP contribution in [0, 0.1) is 5.41 Å². The molecule has 220 valence electrons. The van der Waals surface area contributed by atoms with E-state index in [9.17, 15) is 9.59 Å². The third kappa shape index (κ3) is 3.68. The average molecular weight is 568 g/mol. The Bertz CT molecular complexity index is 1590. The lowest BCUT2D eigenvalue weighted by molar-refractivity contribution is -0.143. The zero-order chi connectivity index (χ0) is 28.7. The first-order valence-corrected chi connectivity index (χ1v) is 15.9. The number of likely N-dealkylation sites (N-methyl/N-ethyl adjacent to an activating group) is 1. The van der Waals surface area contributed by atoms with Crippen molar-refractivity contribution in [2.24, 2.45) is 5.41 Å². The molecule has 0 spiro atoms. The first-order chi connectivity index (χ1) is 20.4. The van der Waals surface area contributed by atoms with Crippen molar-refractivity contribution in [1.82, 2.24) is 14.4 Å². The summed E-state index contributed by atoms with van der Waals surface area (Å²) in [5.41, 5.74) is 6.10. The maximum atomic E-state index is 14.9. The quantitative estimate of drug-likeness (QED) is 0.365. The van der Waals surface area contributed by atoms with E-state index in [-0.39, 0.29) is 11.9 Å². The number of methoxy groups -OCH3 is 2. The number of carbonyl (C=O) groups is 2. The first-order valence-electron chi connectivity index (χ1n) is 15.9. The molecule has 42 heavy (non-hydrogen) atoms. The third-order valence-electron chi connectivity index (χ3n) is 11.3. The fraction of sp³-hybridized carbons (Fsp3) is 0.543. The number of rotatable bonds is 4. The molecule has 1 amide bonds. The molecule has 4 heterocycles. The van der Waals surface area contributed by atoms with Gasteiger partial charge in [-0.15, -0.1) is 0 Å². The van der Waals surface area contributed by atoms with E-state index in [1.165, 1.54) is 67.0 Å². The predicted molar refractivity (Wildman–Crippen MR) is 162 cm³/mol. The summed E-state index contributed by atoms with van der Waals surface area (Å²) in [5, 5.41) is 1.21. The van der Waals surface area contributed by atoms with Crippen LogP contribution in [0.2, 0.25) is 0 Å². The molecule has 0 N–H and O–H groups in total. The number of ether oxygens (including phenoxy) is 2. The Morgan fingerprint density at radius 2 is 1.69 bits per heavy atom. The number of aromatic nitrogens is 1. The zero-order valence-electron chi connectivity index (χ0n) is 25.0. The van der Waals surface area contributed by atoms with Gasteiger partial charge in [-0.25, -0.2) is 4.79 Å². The highest BCUT2D eigenvalue weighted by Gasteiger charge is 2.66. The zero-order valence-corrected chi connectivity index (χ0v) is 25.0. The average Bonchev–Trinajstić information content (AvgIpc) is 3.59. The van der Waals surface area contributed by atoms with Crippen molar-refractivity contribution >= 4 is 22.8 Å². The Kier molecular flexibility index (Phi) is 6.01. The van der Waals surface area contributed by atoms with Crippen LogP contribution in [0.1, 0.15) is 84.7 Å². The molecule has 2 saturated heterocycles. The lowest BCUT2D eigenvalue weighted by atomic mass is 9.81. The molecule has 4 atom stereocenters. The summed E-state index contributed by atoms with van der Waals surface area (Å²) in [7, 11) is 5.38. The van der Waals surface area contributed by atoms with Gasteiger partial charge < -0.3 is 23.8 Å². The summed E-state index contributed by atoms with van der Waals surface area (Å²) in [5.74, 6) is 1.45. The van der Waals surface area contributed by atoms with Crippen molar-refractivity contribution in [3.05, 3.63) is 53.1 Å². The second kappa shape index (κ2) is 9.60. The SMILES string of the molecule is COC(=O)c1ccc2c(C3CCCCC3)c3n(c2c1)C[C@@]1(C(=O)N2C4CCC2CN(C)C4)C[C@H]1c1c(OC)cccc1-3. The van der Waals surface area contributed by atoms with Gasteiger partial charge in [0.2, 0.25) is 5.91 Å². The highest BCUT2D eigenvalue weighted by Crippen LogP contribution is 2.68. The molecule has 3 aromatic rings. The number of nitrogens with zero attached hydrogens (tertiary/aromatic N) is 3. The number of amides is 1. The molecule has 2 aromatic carbocycles. The fourth-order valence-corrected chi connectivity index (χ4v) is 9.32. The Morgan fingerprint density at radius 1 is 0.929 bits per heavy atom. The molecule has 7 nitrogen and oxygen atoms in total. The molecule has 2 aliphatic carbocycles. The van der Waals surface area contributed by atoms with E-state index >= 15 is 0 Å². The molecule has 8 rings (SSSR count).